The maximum Gasteiger partial charge on any atom is 0.239 e. The average molecular weight is 429 g/mol. The van der Waals surface area contributed by atoms with Crippen LogP contribution >= 0.6 is 23.2 Å². The molecule has 0 aliphatic carbocycles. The highest BCUT2D eigenvalue weighted by molar-refractivity contribution is 6.34. The summed E-state index contributed by atoms with van der Waals surface area (Å²) >= 11 is 12.4. The smallest absolute Gasteiger partial charge is 0.239 e. The van der Waals surface area contributed by atoms with Crippen LogP contribution < -0.4 is 4.90 Å². The first-order valence-corrected chi connectivity index (χ1v) is 10.4. The molecule has 5 nitrogen and oxygen atoms in total. The number of carbonyl (C=O) groups is 3. The minimum atomic E-state index is -0.699. The van der Waals surface area contributed by atoms with Gasteiger partial charge in [-0.1, -0.05) is 41.4 Å². The summed E-state index contributed by atoms with van der Waals surface area (Å²) in [4.78, 5) is 43.5. The van der Waals surface area contributed by atoms with Crippen LogP contribution in [-0.2, 0) is 9.59 Å². The summed E-state index contributed by atoms with van der Waals surface area (Å²) in [5.74, 6) is -1.98. The number of hydrogen-bond acceptors (Lipinski definition) is 4. The van der Waals surface area contributed by atoms with Gasteiger partial charge in [0, 0.05) is 16.6 Å². The fourth-order valence-corrected chi connectivity index (χ4v) is 5.62. The molecule has 0 bridgehead atoms. The van der Waals surface area contributed by atoms with E-state index in [4.69, 9.17) is 23.2 Å². The Morgan fingerprint density at radius 1 is 0.966 bits per heavy atom. The lowest BCUT2D eigenvalue weighted by Gasteiger charge is -2.27. The monoisotopic (exact) mass is 428 g/mol. The number of amides is 2. The van der Waals surface area contributed by atoms with Crippen molar-refractivity contribution in [2.45, 2.75) is 24.9 Å². The van der Waals surface area contributed by atoms with Crippen molar-refractivity contribution in [3.8, 4) is 0 Å². The normalized spacial score (nSPS) is 28.7. The first-order valence-electron chi connectivity index (χ1n) is 9.67. The number of halogens is 2. The quantitative estimate of drug-likeness (QED) is 0.550. The van der Waals surface area contributed by atoms with Gasteiger partial charge in [-0.25, -0.2) is 4.90 Å². The van der Waals surface area contributed by atoms with Crippen LogP contribution in [0.5, 0.6) is 0 Å². The molecule has 4 atom stereocenters. The van der Waals surface area contributed by atoms with Crippen molar-refractivity contribution in [2.24, 2.45) is 11.8 Å². The van der Waals surface area contributed by atoms with Gasteiger partial charge in [0.05, 0.1) is 28.6 Å². The van der Waals surface area contributed by atoms with Gasteiger partial charge in [-0.2, -0.15) is 0 Å². The number of nitrogens with zero attached hydrogens (tertiary/aromatic N) is 2. The molecular formula is C22H18Cl2N2O3. The summed E-state index contributed by atoms with van der Waals surface area (Å²) in [5, 5.41) is 0.812. The third-order valence-electron chi connectivity index (χ3n) is 6.33. The highest BCUT2D eigenvalue weighted by atomic mass is 35.5. The van der Waals surface area contributed by atoms with E-state index in [1.165, 1.54) is 4.90 Å². The van der Waals surface area contributed by atoms with Crippen molar-refractivity contribution in [1.82, 2.24) is 4.90 Å². The van der Waals surface area contributed by atoms with Crippen LogP contribution in [0.2, 0.25) is 10.0 Å². The molecule has 0 N–H and O–H groups in total. The van der Waals surface area contributed by atoms with Gasteiger partial charge in [0.1, 0.15) is 0 Å². The lowest BCUT2D eigenvalue weighted by atomic mass is 9.85. The number of Topliss-reactive ketones (excluding diaryl/α,β-unsaturated/α-hetero) is 1. The summed E-state index contributed by atoms with van der Waals surface area (Å²) in [6.07, 6.45) is 1.70. The van der Waals surface area contributed by atoms with Gasteiger partial charge in [-0.05, 0) is 49.7 Å². The molecule has 3 fully saturated rings. The molecule has 0 spiro atoms. The molecule has 148 valence electrons. The number of rotatable bonds is 3. The molecule has 3 saturated heterocycles. The number of hydrogen-bond donors (Lipinski definition) is 0. The second-order valence-electron chi connectivity index (χ2n) is 7.78. The van der Waals surface area contributed by atoms with Crippen LogP contribution in [0.25, 0.3) is 0 Å². The molecule has 3 heterocycles. The Labute approximate surface area is 178 Å². The fraction of sp³-hybridized carbons (Fsp3) is 0.318. The average Bonchev–Trinajstić information content (AvgIpc) is 3.34. The number of imide groups is 1. The van der Waals surface area contributed by atoms with E-state index in [0.717, 1.165) is 12.8 Å². The van der Waals surface area contributed by atoms with E-state index in [-0.39, 0.29) is 23.6 Å². The number of fused-ring (bicyclic) bond motifs is 3. The molecule has 2 aromatic carbocycles. The maximum atomic E-state index is 13.5. The van der Waals surface area contributed by atoms with Crippen molar-refractivity contribution in [1.29, 1.82) is 0 Å². The Balaban J connectivity index is 1.58. The van der Waals surface area contributed by atoms with Gasteiger partial charge < -0.3 is 0 Å². The zero-order chi connectivity index (χ0) is 20.3. The number of ketones is 1. The Morgan fingerprint density at radius 2 is 1.72 bits per heavy atom. The Kier molecular flexibility index (Phi) is 4.50. The first-order chi connectivity index (χ1) is 14.0. The van der Waals surface area contributed by atoms with Gasteiger partial charge in [0.25, 0.3) is 0 Å². The van der Waals surface area contributed by atoms with Crippen molar-refractivity contribution < 1.29 is 14.4 Å². The van der Waals surface area contributed by atoms with Crippen molar-refractivity contribution in [2.75, 3.05) is 11.4 Å². The molecule has 7 heteroatoms. The standard InChI is InChI=1S/C22H18Cl2N2O3/c23-12-5-3-6-13(11-12)26-21(28)17-16-9-4-10-25(16)19(18(17)22(26)29)20(27)14-7-1-2-8-15(14)24/h1-3,5-8,11,16-19H,4,9-10H2. The fourth-order valence-electron chi connectivity index (χ4n) is 5.21. The Morgan fingerprint density at radius 3 is 2.48 bits per heavy atom. The highest BCUT2D eigenvalue weighted by Crippen LogP contribution is 2.48. The van der Waals surface area contributed by atoms with E-state index in [1.54, 1.807) is 48.5 Å². The molecule has 0 saturated carbocycles. The first kappa shape index (κ1) is 18.8. The van der Waals surface area contributed by atoms with Crippen LogP contribution in [-0.4, -0.2) is 41.1 Å². The minimum Gasteiger partial charge on any atom is -0.292 e. The summed E-state index contributed by atoms with van der Waals surface area (Å²) in [6.45, 7) is 0.705. The van der Waals surface area contributed by atoms with Gasteiger partial charge in [0.15, 0.2) is 5.78 Å². The third kappa shape index (κ3) is 2.75. The van der Waals surface area contributed by atoms with Crippen LogP contribution in [0.15, 0.2) is 48.5 Å². The number of carbonyl (C=O) groups excluding carboxylic acids is 3. The molecule has 0 aromatic heterocycles. The van der Waals surface area contributed by atoms with E-state index in [1.807, 2.05) is 4.90 Å². The van der Waals surface area contributed by atoms with Gasteiger partial charge in [-0.3, -0.25) is 19.3 Å². The largest absolute Gasteiger partial charge is 0.292 e. The predicted octanol–water partition coefficient (Wildman–Crippen LogP) is 3.83. The Hall–Kier alpha value is -2.21. The lowest BCUT2D eigenvalue weighted by Crippen LogP contribution is -2.46. The third-order valence-corrected chi connectivity index (χ3v) is 6.89. The van der Waals surface area contributed by atoms with E-state index in [9.17, 15) is 14.4 Å². The topological polar surface area (TPSA) is 57.7 Å². The van der Waals surface area contributed by atoms with Gasteiger partial charge in [0.2, 0.25) is 11.8 Å². The van der Waals surface area contributed by atoms with Crippen molar-refractivity contribution >= 4 is 46.5 Å². The summed E-state index contributed by atoms with van der Waals surface area (Å²) < 4.78 is 0. The van der Waals surface area contributed by atoms with E-state index >= 15 is 0 Å². The number of benzene rings is 2. The molecule has 3 aliphatic heterocycles. The maximum absolute atomic E-state index is 13.5. The van der Waals surface area contributed by atoms with Crippen LogP contribution in [0.3, 0.4) is 0 Å². The molecule has 2 amide bonds. The summed E-state index contributed by atoms with van der Waals surface area (Å²) in [5.41, 5.74) is 0.849. The zero-order valence-corrected chi connectivity index (χ0v) is 16.9. The molecule has 5 rings (SSSR count). The van der Waals surface area contributed by atoms with E-state index in [2.05, 4.69) is 0 Å². The summed E-state index contributed by atoms with van der Waals surface area (Å²) in [6, 6.07) is 12.8. The molecular weight excluding hydrogens is 411 g/mol. The summed E-state index contributed by atoms with van der Waals surface area (Å²) in [7, 11) is 0. The minimum absolute atomic E-state index is 0.0999. The highest BCUT2D eigenvalue weighted by Gasteiger charge is 2.64. The molecule has 4 unspecified atom stereocenters. The van der Waals surface area contributed by atoms with Crippen LogP contribution in [0.4, 0.5) is 5.69 Å². The van der Waals surface area contributed by atoms with Crippen LogP contribution in [0.1, 0.15) is 23.2 Å². The Bertz CT molecular complexity index is 1040. The van der Waals surface area contributed by atoms with Crippen molar-refractivity contribution in [3.05, 3.63) is 64.1 Å². The zero-order valence-electron chi connectivity index (χ0n) is 15.4. The number of anilines is 1. The molecule has 2 aromatic rings. The van der Waals surface area contributed by atoms with Crippen molar-refractivity contribution in [3.63, 3.8) is 0 Å². The molecule has 0 radical (unpaired) electrons. The molecule has 29 heavy (non-hydrogen) atoms. The van der Waals surface area contributed by atoms with E-state index in [0.29, 0.717) is 27.8 Å². The van der Waals surface area contributed by atoms with E-state index < -0.39 is 17.9 Å². The van der Waals surface area contributed by atoms with Gasteiger partial charge >= 0.3 is 0 Å². The lowest BCUT2D eigenvalue weighted by molar-refractivity contribution is -0.123. The van der Waals surface area contributed by atoms with Gasteiger partial charge in [-0.15, -0.1) is 0 Å². The second kappa shape index (κ2) is 6.94. The molecule has 3 aliphatic rings. The predicted molar refractivity (Wildman–Crippen MR) is 110 cm³/mol. The SMILES string of the molecule is O=C(c1ccccc1Cl)C1C2C(=O)N(c3cccc(Cl)c3)C(=O)C2C2CCCN21. The van der Waals surface area contributed by atoms with Crippen LogP contribution in [0, 0.1) is 11.8 Å². The second-order valence-corrected chi connectivity index (χ2v) is 8.62.